The maximum atomic E-state index is 13.4. The summed E-state index contributed by atoms with van der Waals surface area (Å²) in [7, 11) is 5.54. The first kappa shape index (κ1) is 20.6. The van der Waals surface area contributed by atoms with Crippen LogP contribution in [-0.2, 0) is 7.05 Å². The van der Waals surface area contributed by atoms with Crippen molar-refractivity contribution in [3.63, 3.8) is 0 Å². The maximum absolute atomic E-state index is 13.4. The van der Waals surface area contributed by atoms with Gasteiger partial charge in [-0.25, -0.2) is 0 Å². The van der Waals surface area contributed by atoms with Crippen LogP contribution in [0, 0.1) is 18.8 Å². The second kappa shape index (κ2) is 8.51. The molecule has 7 heteroatoms. The standard InChI is InChI=1S/C21H31N3O4/c1-14-20(18-9-17(28-4)5-6-19(18)23(14)3)21(27)24-11-15(16(12-24)13-26)10-22(2)7-8-25/h5-6,9,15-16,25-26H,7-8,10-13H2,1-4H3. The molecule has 7 nitrogen and oxygen atoms in total. The van der Waals surface area contributed by atoms with Gasteiger partial charge in [0.2, 0.25) is 0 Å². The van der Waals surface area contributed by atoms with Crippen LogP contribution in [0.3, 0.4) is 0 Å². The van der Waals surface area contributed by atoms with Crippen molar-refractivity contribution >= 4 is 16.8 Å². The molecule has 0 spiro atoms. The van der Waals surface area contributed by atoms with Crippen molar-refractivity contribution < 1.29 is 19.7 Å². The minimum Gasteiger partial charge on any atom is -0.497 e. The van der Waals surface area contributed by atoms with E-state index in [9.17, 15) is 9.90 Å². The lowest BCUT2D eigenvalue weighted by atomic mass is 9.96. The number of hydrogen-bond acceptors (Lipinski definition) is 5. The summed E-state index contributed by atoms with van der Waals surface area (Å²) in [5.74, 6) is 0.970. The number of hydrogen-bond donors (Lipinski definition) is 2. The highest BCUT2D eigenvalue weighted by Gasteiger charge is 2.37. The van der Waals surface area contributed by atoms with E-state index in [1.165, 1.54) is 0 Å². The number of aryl methyl sites for hydroxylation is 1. The molecule has 1 aromatic carbocycles. The van der Waals surface area contributed by atoms with Crippen LogP contribution >= 0.6 is 0 Å². The Labute approximate surface area is 166 Å². The van der Waals surface area contributed by atoms with Crippen LogP contribution in [0.2, 0.25) is 0 Å². The fraction of sp³-hybridized carbons (Fsp3) is 0.571. The summed E-state index contributed by atoms with van der Waals surface area (Å²) < 4.78 is 7.39. The fourth-order valence-electron chi connectivity index (χ4n) is 4.29. The van der Waals surface area contributed by atoms with E-state index in [1.54, 1.807) is 7.11 Å². The molecule has 1 fully saturated rings. The van der Waals surface area contributed by atoms with Crippen LogP contribution in [-0.4, -0.2) is 84.0 Å². The molecule has 1 aliphatic rings. The van der Waals surface area contributed by atoms with Crippen LogP contribution < -0.4 is 4.74 Å². The Morgan fingerprint density at radius 2 is 2.00 bits per heavy atom. The number of likely N-dealkylation sites (N-methyl/N-ethyl adjacent to an activating group) is 1. The van der Waals surface area contributed by atoms with Crippen molar-refractivity contribution in [3.8, 4) is 5.75 Å². The van der Waals surface area contributed by atoms with E-state index in [-0.39, 0.29) is 31.0 Å². The predicted octanol–water partition coefficient (Wildman–Crippen LogP) is 1.10. The quantitative estimate of drug-likeness (QED) is 0.742. The van der Waals surface area contributed by atoms with E-state index < -0.39 is 0 Å². The first-order chi connectivity index (χ1) is 13.4. The number of carbonyl (C=O) groups is 1. The third-order valence-corrected chi connectivity index (χ3v) is 6.04. The Hall–Kier alpha value is -2.09. The number of rotatable bonds is 7. The van der Waals surface area contributed by atoms with E-state index in [1.807, 2.05) is 48.7 Å². The predicted molar refractivity (Wildman–Crippen MR) is 109 cm³/mol. The highest BCUT2D eigenvalue weighted by Crippen LogP contribution is 2.32. The molecular weight excluding hydrogens is 358 g/mol. The number of nitrogens with zero attached hydrogens (tertiary/aromatic N) is 3. The number of ether oxygens (including phenoxy) is 1. The molecule has 2 unspecified atom stereocenters. The summed E-state index contributed by atoms with van der Waals surface area (Å²) in [5.41, 5.74) is 2.63. The highest BCUT2D eigenvalue weighted by molar-refractivity contribution is 6.08. The molecule has 3 rings (SSSR count). The number of aliphatic hydroxyl groups excluding tert-OH is 2. The van der Waals surface area contributed by atoms with Crippen LogP contribution in [0.1, 0.15) is 16.1 Å². The van der Waals surface area contributed by atoms with Gasteiger partial charge in [0.25, 0.3) is 5.91 Å². The van der Waals surface area contributed by atoms with Crippen LogP contribution in [0.25, 0.3) is 10.9 Å². The Kier molecular flexibility index (Phi) is 6.27. The Balaban J connectivity index is 1.89. The van der Waals surface area contributed by atoms with Gasteiger partial charge in [-0.1, -0.05) is 0 Å². The van der Waals surface area contributed by atoms with Gasteiger partial charge in [0.05, 0.1) is 19.3 Å². The minimum absolute atomic E-state index is 0.00196. The molecule has 0 bridgehead atoms. The molecule has 1 saturated heterocycles. The van der Waals surface area contributed by atoms with E-state index >= 15 is 0 Å². The van der Waals surface area contributed by atoms with Crippen molar-refractivity contribution in [2.75, 3.05) is 53.6 Å². The summed E-state index contributed by atoms with van der Waals surface area (Å²) >= 11 is 0. The van der Waals surface area contributed by atoms with Gasteiger partial charge < -0.3 is 29.3 Å². The topological polar surface area (TPSA) is 78.2 Å². The molecule has 0 saturated carbocycles. The zero-order valence-corrected chi connectivity index (χ0v) is 17.2. The second-order valence-corrected chi connectivity index (χ2v) is 7.80. The zero-order valence-electron chi connectivity index (χ0n) is 17.2. The molecule has 2 atom stereocenters. The number of benzene rings is 1. The van der Waals surface area contributed by atoms with Gasteiger partial charge in [0.15, 0.2) is 0 Å². The largest absolute Gasteiger partial charge is 0.497 e. The van der Waals surface area contributed by atoms with E-state index in [4.69, 9.17) is 9.84 Å². The average Bonchev–Trinajstić information content (AvgIpc) is 3.20. The van der Waals surface area contributed by atoms with Crippen molar-refractivity contribution in [1.29, 1.82) is 0 Å². The molecule has 0 aliphatic carbocycles. The van der Waals surface area contributed by atoms with Gasteiger partial charge in [0.1, 0.15) is 5.75 Å². The number of amides is 1. The smallest absolute Gasteiger partial charge is 0.256 e. The summed E-state index contributed by atoms with van der Waals surface area (Å²) in [6.45, 7) is 4.62. The maximum Gasteiger partial charge on any atom is 0.256 e. The molecule has 1 aromatic heterocycles. The van der Waals surface area contributed by atoms with Crippen LogP contribution in [0.4, 0.5) is 0 Å². The summed E-state index contributed by atoms with van der Waals surface area (Å²) in [6.07, 6.45) is 0. The first-order valence-electron chi connectivity index (χ1n) is 9.73. The normalized spacial score (nSPS) is 19.8. The monoisotopic (exact) mass is 389 g/mol. The summed E-state index contributed by atoms with van der Waals surface area (Å²) in [6, 6.07) is 5.80. The molecule has 2 N–H and O–H groups in total. The Morgan fingerprint density at radius 3 is 2.64 bits per heavy atom. The van der Waals surface area contributed by atoms with Gasteiger partial charge in [-0.2, -0.15) is 0 Å². The van der Waals surface area contributed by atoms with Crippen LogP contribution in [0.5, 0.6) is 5.75 Å². The molecular formula is C21H31N3O4. The summed E-state index contributed by atoms with van der Waals surface area (Å²) in [4.78, 5) is 17.4. The molecule has 28 heavy (non-hydrogen) atoms. The molecule has 1 amide bonds. The third kappa shape index (κ3) is 3.74. The van der Waals surface area contributed by atoms with Gasteiger partial charge in [-0.05, 0) is 38.1 Å². The Morgan fingerprint density at radius 1 is 1.29 bits per heavy atom. The molecule has 1 aliphatic heterocycles. The van der Waals surface area contributed by atoms with E-state index in [0.29, 0.717) is 25.2 Å². The van der Waals surface area contributed by atoms with Gasteiger partial charge in [-0.15, -0.1) is 0 Å². The van der Waals surface area contributed by atoms with Crippen molar-refractivity contribution in [3.05, 3.63) is 29.5 Å². The first-order valence-corrected chi connectivity index (χ1v) is 9.73. The summed E-state index contributed by atoms with van der Waals surface area (Å²) in [5, 5.41) is 19.8. The SMILES string of the molecule is COc1ccc2c(c1)c(C(=O)N1CC(CO)C(CN(C)CCO)C1)c(C)n2C. The minimum atomic E-state index is 0.00196. The van der Waals surface area contributed by atoms with Crippen LogP contribution in [0.15, 0.2) is 18.2 Å². The number of methoxy groups -OCH3 is 1. The average molecular weight is 389 g/mol. The highest BCUT2D eigenvalue weighted by atomic mass is 16.5. The molecule has 2 aromatic rings. The number of fused-ring (bicyclic) bond motifs is 1. The fourth-order valence-corrected chi connectivity index (χ4v) is 4.29. The van der Waals surface area contributed by atoms with E-state index in [0.717, 1.165) is 28.9 Å². The number of carbonyl (C=O) groups excluding carboxylic acids is 1. The van der Waals surface area contributed by atoms with Crippen molar-refractivity contribution in [2.45, 2.75) is 6.92 Å². The van der Waals surface area contributed by atoms with Gasteiger partial charge in [-0.3, -0.25) is 4.79 Å². The van der Waals surface area contributed by atoms with E-state index in [2.05, 4.69) is 4.90 Å². The van der Waals surface area contributed by atoms with Gasteiger partial charge in [0, 0.05) is 62.3 Å². The lowest BCUT2D eigenvalue weighted by Gasteiger charge is -2.23. The molecule has 2 heterocycles. The number of aliphatic hydroxyl groups is 2. The lowest BCUT2D eigenvalue weighted by molar-refractivity contribution is 0.0780. The van der Waals surface area contributed by atoms with Crippen molar-refractivity contribution in [1.82, 2.24) is 14.4 Å². The zero-order chi connectivity index (χ0) is 20.4. The Bertz CT molecular complexity index is 848. The lowest BCUT2D eigenvalue weighted by Crippen LogP contribution is -2.33. The second-order valence-electron chi connectivity index (χ2n) is 7.80. The van der Waals surface area contributed by atoms with Gasteiger partial charge >= 0.3 is 0 Å². The molecule has 154 valence electrons. The molecule has 0 radical (unpaired) electrons. The third-order valence-electron chi connectivity index (χ3n) is 6.04. The van der Waals surface area contributed by atoms with Crippen molar-refractivity contribution in [2.24, 2.45) is 18.9 Å². The number of likely N-dealkylation sites (tertiary alicyclic amines) is 1. The number of aromatic nitrogens is 1.